The van der Waals surface area contributed by atoms with Gasteiger partial charge in [0.2, 0.25) is 0 Å². The molecule has 1 nitrogen and oxygen atoms in total. The van der Waals surface area contributed by atoms with Crippen LogP contribution in [0.2, 0.25) is 19.6 Å². The van der Waals surface area contributed by atoms with Crippen LogP contribution >= 0.6 is 15.9 Å². The number of halogens is 1. The standard InChI is InChI=1S/C17H25BrOSi/c1-5-6-7-8-10-19-17-13-15(12-16(18)14-17)9-11-20(2,3)4/h12-14H,5-8,10H2,1-4H3. The summed E-state index contributed by atoms with van der Waals surface area (Å²) in [5, 5.41) is 0. The lowest BCUT2D eigenvalue weighted by molar-refractivity contribution is 0.305. The molecule has 0 fully saturated rings. The van der Waals surface area contributed by atoms with Gasteiger partial charge in [-0.2, -0.15) is 0 Å². The summed E-state index contributed by atoms with van der Waals surface area (Å²) in [7, 11) is -1.33. The fourth-order valence-corrected chi connectivity index (χ4v) is 2.69. The first-order valence-corrected chi connectivity index (χ1v) is 11.7. The molecular formula is C17H25BrOSi. The molecule has 0 aliphatic heterocycles. The summed E-state index contributed by atoms with van der Waals surface area (Å²) in [5.41, 5.74) is 4.42. The van der Waals surface area contributed by atoms with Crippen LogP contribution in [-0.2, 0) is 0 Å². The van der Waals surface area contributed by atoms with Crippen molar-refractivity contribution in [2.75, 3.05) is 6.61 Å². The summed E-state index contributed by atoms with van der Waals surface area (Å²) < 4.78 is 6.85. The van der Waals surface area contributed by atoms with Gasteiger partial charge in [0, 0.05) is 10.0 Å². The predicted molar refractivity (Wildman–Crippen MR) is 94.0 cm³/mol. The van der Waals surface area contributed by atoms with Crippen LogP contribution < -0.4 is 4.74 Å². The lowest BCUT2D eigenvalue weighted by Crippen LogP contribution is -2.16. The first-order valence-electron chi connectivity index (χ1n) is 7.37. The third kappa shape index (κ3) is 7.77. The Kier molecular flexibility index (Phi) is 7.40. The first kappa shape index (κ1) is 17.3. The first-order chi connectivity index (χ1) is 9.40. The molecular weight excluding hydrogens is 328 g/mol. The van der Waals surface area contributed by atoms with E-state index in [9.17, 15) is 0 Å². The van der Waals surface area contributed by atoms with Crippen LogP contribution in [0.25, 0.3) is 0 Å². The third-order valence-corrected chi connectivity index (χ3v) is 4.05. The van der Waals surface area contributed by atoms with Crippen molar-refractivity contribution < 1.29 is 4.74 Å². The highest BCUT2D eigenvalue weighted by Crippen LogP contribution is 2.21. The molecule has 0 atom stereocenters. The molecule has 110 valence electrons. The normalized spacial score (nSPS) is 10.8. The van der Waals surface area contributed by atoms with Gasteiger partial charge in [-0.15, -0.1) is 5.54 Å². The molecule has 1 aromatic carbocycles. The molecule has 0 saturated carbocycles. The molecule has 0 aliphatic rings. The number of rotatable bonds is 6. The van der Waals surface area contributed by atoms with Crippen LogP contribution in [0.4, 0.5) is 0 Å². The van der Waals surface area contributed by atoms with Gasteiger partial charge in [0.05, 0.1) is 6.61 Å². The minimum atomic E-state index is -1.33. The zero-order chi connectivity index (χ0) is 15.0. The Morgan fingerprint density at radius 1 is 1.10 bits per heavy atom. The van der Waals surface area contributed by atoms with Crippen molar-refractivity contribution >= 4 is 24.0 Å². The molecule has 0 heterocycles. The molecule has 0 radical (unpaired) electrons. The van der Waals surface area contributed by atoms with E-state index in [2.05, 4.69) is 60.0 Å². The van der Waals surface area contributed by atoms with E-state index in [1.54, 1.807) is 0 Å². The molecule has 20 heavy (non-hydrogen) atoms. The van der Waals surface area contributed by atoms with Gasteiger partial charge >= 0.3 is 0 Å². The second-order valence-electron chi connectivity index (χ2n) is 6.08. The SMILES string of the molecule is CCCCCCOc1cc(Br)cc(C#C[Si](C)(C)C)c1. The van der Waals surface area contributed by atoms with Crippen LogP contribution in [-0.4, -0.2) is 14.7 Å². The minimum Gasteiger partial charge on any atom is -0.494 e. The lowest BCUT2D eigenvalue weighted by Gasteiger charge is -2.08. The van der Waals surface area contributed by atoms with E-state index in [0.717, 1.165) is 28.8 Å². The van der Waals surface area contributed by atoms with E-state index in [4.69, 9.17) is 4.74 Å². The molecule has 1 aromatic rings. The Morgan fingerprint density at radius 2 is 1.85 bits per heavy atom. The fraction of sp³-hybridized carbons (Fsp3) is 0.529. The van der Waals surface area contributed by atoms with E-state index < -0.39 is 8.07 Å². The summed E-state index contributed by atoms with van der Waals surface area (Å²) in [6.45, 7) is 9.77. The van der Waals surface area contributed by atoms with Gasteiger partial charge in [-0.05, 0) is 24.6 Å². The van der Waals surface area contributed by atoms with Gasteiger partial charge in [-0.25, -0.2) is 0 Å². The molecule has 0 spiro atoms. The molecule has 0 N–H and O–H groups in total. The number of hydrogen-bond donors (Lipinski definition) is 0. The van der Waals surface area contributed by atoms with E-state index in [0.29, 0.717) is 0 Å². The topological polar surface area (TPSA) is 9.23 Å². The molecule has 0 unspecified atom stereocenters. The second-order valence-corrected chi connectivity index (χ2v) is 11.8. The van der Waals surface area contributed by atoms with Gasteiger partial charge in [0.15, 0.2) is 0 Å². The number of ether oxygens (including phenoxy) is 1. The Morgan fingerprint density at radius 3 is 2.50 bits per heavy atom. The molecule has 0 bridgehead atoms. The number of unbranched alkanes of at least 4 members (excludes halogenated alkanes) is 3. The maximum absolute atomic E-state index is 5.82. The van der Waals surface area contributed by atoms with Crippen molar-refractivity contribution in [1.82, 2.24) is 0 Å². The third-order valence-electron chi connectivity index (χ3n) is 2.72. The van der Waals surface area contributed by atoms with E-state index in [1.165, 1.54) is 19.3 Å². The van der Waals surface area contributed by atoms with Crippen LogP contribution in [0.1, 0.15) is 38.2 Å². The van der Waals surface area contributed by atoms with Crippen molar-refractivity contribution in [2.45, 2.75) is 52.2 Å². The number of benzene rings is 1. The monoisotopic (exact) mass is 352 g/mol. The van der Waals surface area contributed by atoms with Gasteiger partial charge in [0.1, 0.15) is 13.8 Å². The summed E-state index contributed by atoms with van der Waals surface area (Å²) in [6.07, 6.45) is 4.91. The minimum absolute atomic E-state index is 0.789. The zero-order valence-corrected chi connectivity index (χ0v) is 15.6. The van der Waals surface area contributed by atoms with Crippen molar-refractivity contribution in [2.24, 2.45) is 0 Å². The Balaban J connectivity index is 2.64. The van der Waals surface area contributed by atoms with Crippen molar-refractivity contribution in [3.05, 3.63) is 28.2 Å². The summed E-state index contributed by atoms with van der Waals surface area (Å²) >= 11 is 3.53. The maximum Gasteiger partial charge on any atom is 0.129 e. The fourth-order valence-electron chi connectivity index (χ4n) is 1.70. The predicted octanol–water partition coefficient (Wildman–Crippen LogP) is 5.64. The van der Waals surface area contributed by atoms with Crippen molar-refractivity contribution in [3.8, 4) is 17.2 Å². The summed E-state index contributed by atoms with van der Waals surface area (Å²) in [6, 6.07) is 6.11. The van der Waals surface area contributed by atoms with Gasteiger partial charge < -0.3 is 4.74 Å². The summed E-state index contributed by atoms with van der Waals surface area (Å²) in [4.78, 5) is 0. The lowest BCUT2D eigenvalue weighted by atomic mass is 10.2. The molecule has 1 rings (SSSR count). The van der Waals surface area contributed by atoms with Crippen molar-refractivity contribution in [3.63, 3.8) is 0 Å². The smallest absolute Gasteiger partial charge is 0.129 e. The van der Waals surface area contributed by atoms with Crippen LogP contribution in [0.3, 0.4) is 0 Å². The van der Waals surface area contributed by atoms with Crippen LogP contribution in [0, 0.1) is 11.5 Å². The van der Waals surface area contributed by atoms with Crippen LogP contribution in [0.5, 0.6) is 5.75 Å². The molecule has 0 aliphatic carbocycles. The maximum atomic E-state index is 5.82. The van der Waals surface area contributed by atoms with Crippen molar-refractivity contribution in [1.29, 1.82) is 0 Å². The molecule has 0 aromatic heterocycles. The molecule has 0 saturated heterocycles. The van der Waals surface area contributed by atoms with E-state index >= 15 is 0 Å². The molecule has 3 heteroatoms. The molecule has 0 amide bonds. The van der Waals surface area contributed by atoms with Gasteiger partial charge in [-0.1, -0.05) is 67.7 Å². The highest BCUT2D eigenvalue weighted by atomic mass is 79.9. The van der Waals surface area contributed by atoms with Gasteiger partial charge in [0.25, 0.3) is 0 Å². The van der Waals surface area contributed by atoms with Crippen LogP contribution in [0.15, 0.2) is 22.7 Å². The summed E-state index contributed by atoms with van der Waals surface area (Å²) in [5.74, 6) is 4.19. The number of hydrogen-bond acceptors (Lipinski definition) is 1. The quantitative estimate of drug-likeness (QED) is 0.365. The average Bonchev–Trinajstić information content (AvgIpc) is 2.35. The zero-order valence-electron chi connectivity index (χ0n) is 13.1. The second kappa shape index (κ2) is 8.54. The Labute approximate surface area is 133 Å². The highest BCUT2D eigenvalue weighted by Gasteiger charge is 2.07. The Hall–Kier alpha value is -0.723. The Bertz CT molecular complexity index is 480. The van der Waals surface area contributed by atoms with Gasteiger partial charge in [-0.3, -0.25) is 0 Å². The van der Waals surface area contributed by atoms with E-state index in [1.807, 2.05) is 12.1 Å². The van der Waals surface area contributed by atoms with E-state index in [-0.39, 0.29) is 0 Å². The average molecular weight is 353 g/mol. The highest BCUT2D eigenvalue weighted by molar-refractivity contribution is 9.10. The largest absolute Gasteiger partial charge is 0.494 e.